The van der Waals surface area contributed by atoms with Gasteiger partial charge in [0.25, 0.3) is 5.56 Å². The van der Waals surface area contributed by atoms with Crippen molar-refractivity contribution in [3.05, 3.63) is 69.8 Å². The number of nitrogens with one attached hydrogen (secondary N) is 1. The molecular formula is C22H18F2N6OS. The molecule has 1 saturated heterocycles. The second-order valence-corrected chi connectivity index (χ2v) is 8.18. The molecule has 1 aliphatic heterocycles. The minimum atomic E-state index is -1.04. The maximum Gasteiger partial charge on any atom is 0.258 e. The lowest BCUT2D eigenvalue weighted by Gasteiger charge is -2.30. The van der Waals surface area contributed by atoms with Crippen LogP contribution in [0.4, 0.5) is 20.2 Å². The van der Waals surface area contributed by atoms with E-state index in [-0.39, 0.29) is 33.5 Å². The molecule has 3 heterocycles. The highest BCUT2D eigenvalue weighted by molar-refractivity contribution is 7.81. The summed E-state index contributed by atoms with van der Waals surface area (Å²) < 4.78 is 30.3. The van der Waals surface area contributed by atoms with Gasteiger partial charge >= 0.3 is 0 Å². The number of aryl methyl sites for hydroxylation is 1. The van der Waals surface area contributed by atoms with Crippen molar-refractivity contribution in [3.63, 3.8) is 0 Å². The Balaban J connectivity index is 1.86. The zero-order chi connectivity index (χ0) is 23.4. The van der Waals surface area contributed by atoms with E-state index in [0.717, 1.165) is 10.5 Å². The van der Waals surface area contributed by atoms with Gasteiger partial charge in [-0.05, 0) is 50.7 Å². The first kappa shape index (κ1) is 21.5. The lowest BCUT2D eigenvalue weighted by Crippen LogP contribution is -2.44. The van der Waals surface area contributed by atoms with Crippen LogP contribution in [0.3, 0.4) is 0 Å². The molecule has 0 spiro atoms. The van der Waals surface area contributed by atoms with Gasteiger partial charge in [0.2, 0.25) is 0 Å². The van der Waals surface area contributed by atoms with Crippen molar-refractivity contribution in [2.45, 2.75) is 32.7 Å². The molecule has 10 heteroatoms. The van der Waals surface area contributed by atoms with Crippen LogP contribution in [-0.4, -0.2) is 25.9 Å². The molecule has 0 radical (unpaired) electrons. The molecule has 1 aliphatic rings. The Kier molecular flexibility index (Phi) is 5.02. The fourth-order valence-electron chi connectivity index (χ4n) is 3.72. The molecule has 0 saturated carbocycles. The van der Waals surface area contributed by atoms with Gasteiger partial charge in [0.15, 0.2) is 16.6 Å². The Morgan fingerprint density at radius 1 is 1.19 bits per heavy atom. The molecule has 0 unspecified atom stereocenters. The van der Waals surface area contributed by atoms with Crippen molar-refractivity contribution in [3.8, 4) is 6.07 Å². The van der Waals surface area contributed by atoms with Crippen molar-refractivity contribution in [1.82, 2.24) is 9.38 Å². The molecule has 4 rings (SSSR count). The molecule has 0 bridgehead atoms. The molecule has 32 heavy (non-hydrogen) atoms. The molecule has 1 aromatic carbocycles. The van der Waals surface area contributed by atoms with Gasteiger partial charge in [0.1, 0.15) is 17.7 Å². The van der Waals surface area contributed by atoms with Crippen LogP contribution in [0.1, 0.15) is 32.0 Å². The van der Waals surface area contributed by atoms with E-state index >= 15 is 0 Å². The third kappa shape index (κ3) is 3.13. The van der Waals surface area contributed by atoms with E-state index in [9.17, 15) is 13.6 Å². The zero-order valence-corrected chi connectivity index (χ0v) is 18.3. The third-order valence-corrected chi connectivity index (χ3v) is 5.82. The second kappa shape index (κ2) is 7.46. The summed E-state index contributed by atoms with van der Waals surface area (Å²) in [4.78, 5) is 19.6. The van der Waals surface area contributed by atoms with Gasteiger partial charge in [-0.15, -0.1) is 0 Å². The van der Waals surface area contributed by atoms with Crippen LogP contribution in [-0.2, 0) is 6.42 Å². The third-order valence-electron chi connectivity index (χ3n) is 5.45. The van der Waals surface area contributed by atoms with Crippen LogP contribution in [0.15, 0.2) is 41.3 Å². The van der Waals surface area contributed by atoms with Crippen LogP contribution in [0.2, 0.25) is 0 Å². The SMILES string of the molecule is CCc1cc(=O)n2cc(N3C(=S)N(c4ccc(C#N)c(F)c4)C(=N)C3(C)C)cc(F)c2n1. The number of rotatable bonds is 3. The predicted octanol–water partition coefficient (Wildman–Crippen LogP) is 3.77. The number of thiocarbonyl (C=S) groups is 1. The summed E-state index contributed by atoms with van der Waals surface area (Å²) in [5.41, 5.74) is -0.703. The molecule has 3 aromatic rings. The van der Waals surface area contributed by atoms with E-state index < -0.39 is 22.7 Å². The average Bonchev–Trinajstić information content (AvgIpc) is 2.92. The van der Waals surface area contributed by atoms with Gasteiger partial charge in [0.05, 0.1) is 22.5 Å². The number of hydrogen-bond donors (Lipinski definition) is 1. The molecule has 0 amide bonds. The van der Waals surface area contributed by atoms with Crippen molar-refractivity contribution in [2.24, 2.45) is 0 Å². The van der Waals surface area contributed by atoms with Crippen LogP contribution in [0.25, 0.3) is 5.65 Å². The standard InChI is InChI=1S/C22H18F2N6OS/c1-4-13-7-18(31)28-11-15(9-17(24)19(28)27-13)30-21(32)29(20(26)22(30,2)3)14-6-5-12(10-25)16(23)8-14/h5-9,11,26H,4H2,1-3H3. The summed E-state index contributed by atoms with van der Waals surface area (Å²) in [5.74, 6) is -1.42. The van der Waals surface area contributed by atoms with Gasteiger partial charge in [-0.25, -0.2) is 13.8 Å². The van der Waals surface area contributed by atoms with E-state index in [4.69, 9.17) is 22.9 Å². The van der Waals surface area contributed by atoms with Crippen molar-refractivity contribution in [1.29, 1.82) is 10.7 Å². The van der Waals surface area contributed by atoms with Gasteiger partial charge in [-0.1, -0.05) is 6.92 Å². The minimum absolute atomic E-state index is 0.0268. The molecular weight excluding hydrogens is 434 g/mol. The molecule has 1 N–H and O–H groups in total. The molecule has 1 fully saturated rings. The Morgan fingerprint density at radius 3 is 2.50 bits per heavy atom. The van der Waals surface area contributed by atoms with E-state index in [1.54, 1.807) is 19.9 Å². The molecule has 162 valence electrons. The summed E-state index contributed by atoms with van der Waals surface area (Å²) in [7, 11) is 0. The lowest BCUT2D eigenvalue weighted by atomic mass is 10.0. The van der Waals surface area contributed by atoms with Crippen LogP contribution in [0, 0.1) is 28.4 Å². The predicted molar refractivity (Wildman–Crippen MR) is 121 cm³/mol. The highest BCUT2D eigenvalue weighted by Crippen LogP contribution is 2.37. The van der Waals surface area contributed by atoms with Gasteiger partial charge in [-0.3, -0.25) is 19.5 Å². The summed E-state index contributed by atoms with van der Waals surface area (Å²) in [6, 6.07) is 8.23. The number of anilines is 2. The Bertz CT molecular complexity index is 1410. The first-order chi connectivity index (χ1) is 15.1. The molecule has 0 atom stereocenters. The lowest BCUT2D eigenvalue weighted by molar-refractivity contribution is 0.622. The normalized spacial score (nSPS) is 15.5. The number of halogens is 2. The van der Waals surface area contributed by atoms with Gasteiger partial charge < -0.3 is 4.90 Å². The number of amidine groups is 1. The maximum absolute atomic E-state index is 15.0. The first-order valence-electron chi connectivity index (χ1n) is 9.75. The van der Waals surface area contributed by atoms with Crippen molar-refractivity contribution < 1.29 is 8.78 Å². The number of fused-ring (bicyclic) bond motifs is 1. The van der Waals surface area contributed by atoms with E-state index in [1.807, 2.05) is 6.92 Å². The number of nitrogens with zero attached hydrogens (tertiary/aromatic N) is 5. The monoisotopic (exact) mass is 452 g/mol. The second-order valence-electron chi connectivity index (χ2n) is 7.82. The van der Waals surface area contributed by atoms with Crippen molar-refractivity contribution >= 4 is 40.2 Å². The number of nitriles is 1. The highest BCUT2D eigenvalue weighted by atomic mass is 32.1. The van der Waals surface area contributed by atoms with E-state index in [0.29, 0.717) is 12.1 Å². The van der Waals surface area contributed by atoms with Crippen LogP contribution >= 0.6 is 12.2 Å². The fraction of sp³-hybridized carbons (Fsp3) is 0.227. The Labute approximate surface area is 187 Å². The number of pyridine rings is 1. The first-order valence-corrected chi connectivity index (χ1v) is 10.2. The highest BCUT2D eigenvalue weighted by Gasteiger charge is 2.48. The average molecular weight is 452 g/mol. The van der Waals surface area contributed by atoms with Crippen molar-refractivity contribution in [2.75, 3.05) is 9.80 Å². The summed E-state index contributed by atoms with van der Waals surface area (Å²) in [6.07, 6.45) is 1.92. The van der Waals surface area contributed by atoms with Gasteiger partial charge in [0, 0.05) is 24.0 Å². The molecule has 0 aliphatic carbocycles. The summed E-state index contributed by atoms with van der Waals surface area (Å²) >= 11 is 5.59. The van der Waals surface area contributed by atoms with Crippen LogP contribution < -0.4 is 15.4 Å². The number of aromatic nitrogens is 2. The maximum atomic E-state index is 15.0. The fourth-order valence-corrected chi connectivity index (χ4v) is 4.25. The zero-order valence-electron chi connectivity index (χ0n) is 17.5. The van der Waals surface area contributed by atoms with E-state index in [2.05, 4.69) is 4.98 Å². The van der Waals surface area contributed by atoms with Crippen LogP contribution in [0.5, 0.6) is 0 Å². The van der Waals surface area contributed by atoms with E-state index in [1.165, 1.54) is 40.3 Å². The Morgan fingerprint density at radius 2 is 1.88 bits per heavy atom. The Hall–Kier alpha value is -3.71. The quantitative estimate of drug-likeness (QED) is 0.609. The number of benzene rings is 1. The molecule has 2 aromatic heterocycles. The summed E-state index contributed by atoms with van der Waals surface area (Å²) in [5, 5.41) is 17.7. The van der Waals surface area contributed by atoms with Gasteiger partial charge in [-0.2, -0.15) is 5.26 Å². The number of hydrogen-bond acceptors (Lipinski definition) is 5. The summed E-state index contributed by atoms with van der Waals surface area (Å²) in [6.45, 7) is 5.25. The molecule has 7 nitrogen and oxygen atoms in total. The smallest absolute Gasteiger partial charge is 0.258 e. The largest absolute Gasteiger partial charge is 0.304 e. The minimum Gasteiger partial charge on any atom is -0.304 e. The topological polar surface area (TPSA) is 88.5 Å².